The Morgan fingerprint density at radius 1 is 0.969 bits per heavy atom. The highest BCUT2D eigenvalue weighted by molar-refractivity contribution is 6.32. The van der Waals surface area contributed by atoms with E-state index in [0.717, 1.165) is 28.0 Å². The number of hydrogen-bond donors (Lipinski definition) is 2. The molecule has 32 heavy (non-hydrogen) atoms. The van der Waals surface area contributed by atoms with Crippen LogP contribution in [0.2, 0.25) is 5.02 Å². The Morgan fingerprint density at radius 3 is 2.22 bits per heavy atom. The van der Waals surface area contributed by atoms with Crippen molar-refractivity contribution in [2.75, 3.05) is 26.6 Å². The number of methoxy groups -OCH3 is 3. The molecule has 1 heterocycles. The monoisotopic (exact) mass is 451 g/mol. The minimum atomic E-state index is -0.300. The molecule has 0 saturated carbocycles. The number of benzene rings is 3. The number of H-pyrrole nitrogens is 1. The van der Waals surface area contributed by atoms with Crippen molar-refractivity contribution in [1.82, 2.24) is 9.97 Å². The first kappa shape index (κ1) is 21.5. The highest BCUT2D eigenvalue weighted by Gasteiger charge is 2.17. The summed E-state index contributed by atoms with van der Waals surface area (Å²) in [7, 11) is 4.52. The lowest BCUT2D eigenvalue weighted by Crippen LogP contribution is -2.12. The molecular weight excluding hydrogens is 430 g/mol. The summed E-state index contributed by atoms with van der Waals surface area (Å²) in [5, 5.41) is 3.56. The van der Waals surface area contributed by atoms with E-state index < -0.39 is 0 Å². The zero-order chi connectivity index (χ0) is 22.8. The van der Waals surface area contributed by atoms with Gasteiger partial charge in [0.25, 0.3) is 5.91 Å². The quantitative estimate of drug-likeness (QED) is 0.406. The molecule has 1 amide bonds. The number of fused-ring (bicyclic) bond motifs is 1. The highest BCUT2D eigenvalue weighted by atomic mass is 35.5. The average molecular weight is 452 g/mol. The van der Waals surface area contributed by atoms with Gasteiger partial charge < -0.3 is 24.5 Å². The van der Waals surface area contributed by atoms with Gasteiger partial charge in [0.15, 0.2) is 11.5 Å². The van der Waals surface area contributed by atoms with Crippen molar-refractivity contribution in [3.05, 3.63) is 64.7 Å². The van der Waals surface area contributed by atoms with Crippen LogP contribution in [0.25, 0.3) is 22.4 Å². The van der Waals surface area contributed by atoms with Crippen LogP contribution in [-0.2, 0) is 0 Å². The fourth-order valence-corrected chi connectivity index (χ4v) is 3.56. The fraction of sp³-hybridized carbons (Fsp3) is 0.167. The van der Waals surface area contributed by atoms with E-state index in [0.29, 0.717) is 33.5 Å². The molecule has 0 aliphatic carbocycles. The minimum Gasteiger partial charge on any atom is -0.493 e. The van der Waals surface area contributed by atoms with Crippen LogP contribution in [0, 0.1) is 6.92 Å². The Morgan fingerprint density at radius 2 is 1.62 bits per heavy atom. The lowest BCUT2D eigenvalue weighted by Gasteiger charge is -2.14. The molecule has 0 fully saturated rings. The number of hydrogen-bond acceptors (Lipinski definition) is 5. The van der Waals surface area contributed by atoms with Crippen molar-refractivity contribution >= 4 is 34.2 Å². The molecule has 0 atom stereocenters. The number of aromatic nitrogens is 2. The highest BCUT2D eigenvalue weighted by Crippen LogP contribution is 2.38. The molecule has 0 bridgehead atoms. The van der Waals surface area contributed by atoms with Crippen LogP contribution in [0.3, 0.4) is 0 Å². The van der Waals surface area contributed by atoms with Gasteiger partial charge in [0.2, 0.25) is 5.75 Å². The van der Waals surface area contributed by atoms with E-state index in [9.17, 15) is 4.79 Å². The smallest absolute Gasteiger partial charge is 0.255 e. The van der Waals surface area contributed by atoms with Gasteiger partial charge in [-0.2, -0.15) is 0 Å². The van der Waals surface area contributed by atoms with Crippen LogP contribution >= 0.6 is 11.6 Å². The standard InChI is InChI=1S/C24H22ClN3O4/c1-13-9-18-19(12-17(13)25)28-23(27-18)14-5-7-16(8-6-14)26-24(29)15-10-20(30-2)22(32-4)21(11-15)31-3/h5-12H,1-4H3,(H,26,29)(H,27,28). The molecule has 0 radical (unpaired) electrons. The van der Waals surface area contributed by atoms with Gasteiger partial charge in [-0.25, -0.2) is 4.98 Å². The molecule has 4 rings (SSSR count). The second-order valence-electron chi connectivity index (χ2n) is 7.15. The van der Waals surface area contributed by atoms with Crippen LogP contribution in [0.4, 0.5) is 5.69 Å². The molecule has 164 valence electrons. The van der Waals surface area contributed by atoms with Gasteiger partial charge >= 0.3 is 0 Å². The van der Waals surface area contributed by atoms with Crippen LogP contribution in [0.5, 0.6) is 17.2 Å². The van der Waals surface area contributed by atoms with Gasteiger partial charge in [-0.15, -0.1) is 0 Å². The summed E-state index contributed by atoms with van der Waals surface area (Å²) in [6.45, 7) is 1.95. The second kappa shape index (κ2) is 8.80. The molecule has 0 aliphatic heterocycles. The van der Waals surface area contributed by atoms with Crippen LogP contribution < -0.4 is 19.5 Å². The van der Waals surface area contributed by atoms with Crippen molar-refractivity contribution < 1.29 is 19.0 Å². The molecule has 2 N–H and O–H groups in total. The first-order chi connectivity index (χ1) is 15.4. The van der Waals surface area contributed by atoms with Gasteiger partial charge in [0.05, 0.1) is 32.4 Å². The Kier molecular flexibility index (Phi) is 5.92. The molecule has 8 heteroatoms. The van der Waals surface area contributed by atoms with Crippen molar-refractivity contribution in [1.29, 1.82) is 0 Å². The SMILES string of the molecule is COc1cc(C(=O)Nc2ccc(-c3nc4cc(Cl)c(C)cc4[nH]3)cc2)cc(OC)c1OC. The number of nitrogens with zero attached hydrogens (tertiary/aromatic N) is 1. The number of aromatic amines is 1. The number of amides is 1. The summed E-state index contributed by atoms with van der Waals surface area (Å²) in [5.41, 5.74) is 4.62. The van der Waals surface area contributed by atoms with Gasteiger partial charge in [-0.1, -0.05) is 11.6 Å². The van der Waals surface area contributed by atoms with E-state index in [1.807, 2.05) is 43.3 Å². The van der Waals surface area contributed by atoms with Crippen molar-refractivity contribution in [3.63, 3.8) is 0 Å². The number of nitrogens with one attached hydrogen (secondary N) is 2. The van der Waals surface area contributed by atoms with Crippen molar-refractivity contribution in [2.24, 2.45) is 0 Å². The summed E-state index contributed by atoms with van der Waals surface area (Å²) in [5.74, 6) is 1.67. The van der Waals surface area contributed by atoms with Crippen molar-refractivity contribution in [3.8, 4) is 28.6 Å². The lowest BCUT2D eigenvalue weighted by molar-refractivity contribution is 0.102. The predicted molar refractivity (Wildman–Crippen MR) is 125 cm³/mol. The number of imidazole rings is 1. The van der Waals surface area contributed by atoms with E-state index in [4.69, 9.17) is 25.8 Å². The number of anilines is 1. The minimum absolute atomic E-state index is 0.300. The Hall–Kier alpha value is -3.71. The molecule has 0 saturated heterocycles. The number of carbonyl (C=O) groups excluding carboxylic acids is 1. The van der Waals surface area contributed by atoms with E-state index in [-0.39, 0.29) is 5.91 Å². The summed E-state index contributed by atoms with van der Waals surface area (Å²) in [6.07, 6.45) is 0. The largest absolute Gasteiger partial charge is 0.493 e. The first-order valence-corrected chi connectivity index (χ1v) is 10.2. The molecule has 1 aromatic heterocycles. The Labute approximate surface area is 190 Å². The number of ether oxygens (including phenoxy) is 3. The van der Waals surface area contributed by atoms with E-state index in [1.54, 1.807) is 12.1 Å². The Bertz CT molecular complexity index is 1230. The van der Waals surface area contributed by atoms with E-state index >= 15 is 0 Å². The first-order valence-electron chi connectivity index (χ1n) is 9.81. The molecule has 0 aliphatic rings. The van der Waals surface area contributed by atoms with Crippen LogP contribution in [-0.4, -0.2) is 37.2 Å². The van der Waals surface area contributed by atoms with Crippen LogP contribution in [0.15, 0.2) is 48.5 Å². The molecule has 0 unspecified atom stereocenters. The average Bonchev–Trinajstić information content (AvgIpc) is 3.21. The number of aryl methyl sites for hydroxylation is 1. The van der Waals surface area contributed by atoms with E-state index in [2.05, 4.69) is 15.3 Å². The number of halogens is 1. The van der Waals surface area contributed by atoms with E-state index in [1.165, 1.54) is 21.3 Å². The second-order valence-corrected chi connectivity index (χ2v) is 7.56. The maximum atomic E-state index is 12.8. The maximum absolute atomic E-state index is 12.8. The molecule has 3 aromatic carbocycles. The van der Waals surface area contributed by atoms with Gasteiger partial charge in [0, 0.05) is 21.8 Å². The third-order valence-electron chi connectivity index (χ3n) is 5.11. The third kappa shape index (κ3) is 4.07. The van der Waals surface area contributed by atoms with Crippen LogP contribution in [0.1, 0.15) is 15.9 Å². The summed E-state index contributed by atoms with van der Waals surface area (Å²) < 4.78 is 15.9. The summed E-state index contributed by atoms with van der Waals surface area (Å²) in [4.78, 5) is 20.7. The molecule has 4 aromatic rings. The Balaban J connectivity index is 1.56. The number of rotatable bonds is 6. The summed E-state index contributed by atoms with van der Waals surface area (Å²) >= 11 is 6.20. The molecular formula is C24H22ClN3O4. The molecule has 0 spiro atoms. The summed E-state index contributed by atoms with van der Waals surface area (Å²) in [6, 6.07) is 14.4. The van der Waals surface area contributed by atoms with Gasteiger partial charge in [-0.3, -0.25) is 4.79 Å². The maximum Gasteiger partial charge on any atom is 0.255 e. The van der Waals surface area contributed by atoms with Gasteiger partial charge in [-0.05, 0) is 61.0 Å². The number of carbonyl (C=O) groups is 1. The molecule has 7 nitrogen and oxygen atoms in total. The zero-order valence-corrected chi connectivity index (χ0v) is 18.8. The predicted octanol–water partition coefficient (Wildman–Crippen LogP) is 5.47. The third-order valence-corrected chi connectivity index (χ3v) is 5.51. The van der Waals surface area contributed by atoms with Gasteiger partial charge in [0.1, 0.15) is 5.82 Å². The zero-order valence-electron chi connectivity index (χ0n) is 18.1. The fourth-order valence-electron chi connectivity index (χ4n) is 3.40. The van der Waals surface area contributed by atoms with Crippen molar-refractivity contribution in [2.45, 2.75) is 6.92 Å². The lowest BCUT2D eigenvalue weighted by atomic mass is 10.1. The topological polar surface area (TPSA) is 85.5 Å². The normalized spacial score (nSPS) is 10.8.